The van der Waals surface area contributed by atoms with Gasteiger partial charge in [-0.15, -0.1) is 0 Å². The molecule has 1 saturated heterocycles. The summed E-state index contributed by atoms with van der Waals surface area (Å²) in [6.07, 6.45) is -0.384. The zero-order valence-corrected chi connectivity index (χ0v) is 10.8. The molecule has 18 heavy (non-hydrogen) atoms. The third kappa shape index (κ3) is 4.25. The summed E-state index contributed by atoms with van der Waals surface area (Å²) >= 11 is 0. The molecule has 0 saturated carbocycles. The van der Waals surface area contributed by atoms with Gasteiger partial charge in [-0.25, -0.2) is 4.98 Å². The summed E-state index contributed by atoms with van der Waals surface area (Å²) in [4.78, 5) is 6.56. The van der Waals surface area contributed by atoms with E-state index in [-0.39, 0.29) is 6.10 Å². The van der Waals surface area contributed by atoms with Gasteiger partial charge in [0.05, 0.1) is 19.3 Å². The lowest BCUT2D eigenvalue weighted by Gasteiger charge is -2.28. The summed E-state index contributed by atoms with van der Waals surface area (Å²) < 4.78 is 5.27. The quantitative estimate of drug-likeness (QED) is 0.798. The zero-order chi connectivity index (χ0) is 12.8. The lowest BCUT2D eigenvalue weighted by Crippen LogP contribution is -2.42. The van der Waals surface area contributed by atoms with Crippen LogP contribution in [-0.4, -0.2) is 60.5 Å². The van der Waals surface area contributed by atoms with Crippen molar-refractivity contribution in [1.29, 1.82) is 0 Å². The first-order valence-corrected chi connectivity index (χ1v) is 6.40. The summed E-state index contributed by atoms with van der Waals surface area (Å²) in [7, 11) is 0. The van der Waals surface area contributed by atoms with Crippen LogP contribution in [0.4, 0.5) is 5.82 Å². The van der Waals surface area contributed by atoms with E-state index in [1.165, 1.54) is 0 Å². The van der Waals surface area contributed by atoms with E-state index in [1.54, 1.807) is 0 Å². The fourth-order valence-electron chi connectivity index (χ4n) is 2.01. The lowest BCUT2D eigenvalue weighted by molar-refractivity contribution is 0.0171. The van der Waals surface area contributed by atoms with Gasteiger partial charge in [0.15, 0.2) is 0 Å². The molecule has 1 aliphatic rings. The maximum atomic E-state index is 9.96. The van der Waals surface area contributed by atoms with Gasteiger partial charge in [-0.1, -0.05) is 6.07 Å². The largest absolute Gasteiger partial charge is 0.390 e. The van der Waals surface area contributed by atoms with Crippen LogP contribution in [0.15, 0.2) is 18.2 Å². The molecule has 0 aliphatic carbocycles. The van der Waals surface area contributed by atoms with E-state index >= 15 is 0 Å². The van der Waals surface area contributed by atoms with Crippen molar-refractivity contribution >= 4 is 5.82 Å². The molecule has 0 radical (unpaired) electrons. The van der Waals surface area contributed by atoms with Crippen LogP contribution in [0.25, 0.3) is 0 Å². The number of anilines is 1. The summed E-state index contributed by atoms with van der Waals surface area (Å²) in [5.41, 5.74) is 0.975. The van der Waals surface area contributed by atoms with Crippen LogP contribution in [0.2, 0.25) is 0 Å². The molecule has 2 N–H and O–H groups in total. The molecule has 5 nitrogen and oxygen atoms in total. The topological polar surface area (TPSA) is 57.6 Å². The number of ether oxygens (including phenoxy) is 1. The maximum absolute atomic E-state index is 9.96. The Morgan fingerprint density at radius 2 is 2.22 bits per heavy atom. The van der Waals surface area contributed by atoms with E-state index in [4.69, 9.17) is 4.74 Å². The number of hydrogen-bond donors (Lipinski definition) is 2. The number of nitrogens with zero attached hydrogens (tertiary/aromatic N) is 2. The minimum absolute atomic E-state index is 0.384. The molecule has 1 unspecified atom stereocenters. The first-order valence-electron chi connectivity index (χ1n) is 6.40. The molecular formula is C13H21N3O2. The highest BCUT2D eigenvalue weighted by atomic mass is 16.5. The Kier molecular flexibility index (Phi) is 4.92. The number of β-amino-alcohol motifs (C(OH)–C–C–N with tert-alkyl or cyclic N) is 1. The van der Waals surface area contributed by atoms with Crippen molar-refractivity contribution < 1.29 is 9.84 Å². The molecule has 0 aromatic carbocycles. The van der Waals surface area contributed by atoms with Crippen LogP contribution in [0.1, 0.15) is 5.69 Å². The fourth-order valence-corrected chi connectivity index (χ4v) is 2.01. The van der Waals surface area contributed by atoms with Crippen LogP contribution in [0, 0.1) is 6.92 Å². The Bertz CT molecular complexity index is 367. The lowest BCUT2D eigenvalue weighted by atomic mass is 10.3. The highest BCUT2D eigenvalue weighted by molar-refractivity contribution is 5.35. The summed E-state index contributed by atoms with van der Waals surface area (Å²) in [5, 5.41) is 13.1. The number of pyridine rings is 1. The Balaban J connectivity index is 1.72. The average Bonchev–Trinajstić information content (AvgIpc) is 2.38. The molecule has 1 aromatic rings. The molecule has 1 atom stereocenters. The number of rotatable bonds is 5. The Labute approximate surface area is 108 Å². The number of nitrogens with one attached hydrogen (secondary N) is 1. The van der Waals surface area contributed by atoms with E-state index in [0.717, 1.165) is 37.8 Å². The van der Waals surface area contributed by atoms with E-state index in [2.05, 4.69) is 15.2 Å². The molecular weight excluding hydrogens is 230 g/mol. The number of hydrogen-bond acceptors (Lipinski definition) is 5. The molecule has 100 valence electrons. The van der Waals surface area contributed by atoms with E-state index in [9.17, 15) is 5.11 Å². The third-order valence-electron chi connectivity index (χ3n) is 2.98. The van der Waals surface area contributed by atoms with Gasteiger partial charge in [0.1, 0.15) is 5.82 Å². The van der Waals surface area contributed by atoms with Crippen molar-refractivity contribution in [1.82, 2.24) is 9.88 Å². The Hall–Kier alpha value is -1.17. The molecule has 1 fully saturated rings. The van der Waals surface area contributed by atoms with Gasteiger partial charge in [0.2, 0.25) is 0 Å². The monoisotopic (exact) mass is 251 g/mol. The van der Waals surface area contributed by atoms with Gasteiger partial charge in [0.25, 0.3) is 0 Å². The van der Waals surface area contributed by atoms with Crippen molar-refractivity contribution in [2.75, 3.05) is 44.7 Å². The highest BCUT2D eigenvalue weighted by Gasteiger charge is 2.14. The predicted octanol–water partition coefficient (Wildman–Crippen LogP) is 0.495. The summed E-state index contributed by atoms with van der Waals surface area (Å²) in [6, 6.07) is 5.82. The normalized spacial score (nSPS) is 18.6. The van der Waals surface area contributed by atoms with Crippen molar-refractivity contribution in [3.63, 3.8) is 0 Å². The zero-order valence-electron chi connectivity index (χ0n) is 10.8. The predicted molar refractivity (Wildman–Crippen MR) is 70.7 cm³/mol. The van der Waals surface area contributed by atoms with Crippen LogP contribution < -0.4 is 5.32 Å². The van der Waals surface area contributed by atoms with Gasteiger partial charge >= 0.3 is 0 Å². The molecule has 0 spiro atoms. The van der Waals surface area contributed by atoms with Crippen LogP contribution in [-0.2, 0) is 4.74 Å². The van der Waals surface area contributed by atoms with Gasteiger partial charge in [-0.3, -0.25) is 4.90 Å². The second-order valence-electron chi connectivity index (χ2n) is 4.61. The molecule has 2 rings (SSSR count). The molecule has 1 aromatic heterocycles. The highest BCUT2D eigenvalue weighted by Crippen LogP contribution is 2.04. The van der Waals surface area contributed by atoms with Crippen LogP contribution in [0.5, 0.6) is 0 Å². The Morgan fingerprint density at radius 3 is 2.94 bits per heavy atom. The standard InChI is InChI=1S/C13H21N3O2/c1-11-3-2-4-13(15-11)14-9-12(17)10-16-5-7-18-8-6-16/h2-4,12,17H,5-10H2,1H3,(H,14,15). The summed E-state index contributed by atoms with van der Waals surface area (Å²) in [5.74, 6) is 0.816. The van der Waals surface area contributed by atoms with Crippen molar-refractivity contribution in [2.45, 2.75) is 13.0 Å². The van der Waals surface area contributed by atoms with E-state index in [0.29, 0.717) is 13.1 Å². The summed E-state index contributed by atoms with van der Waals surface area (Å²) in [6.45, 7) is 6.49. The first-order chi connectivity index (χ1) is 8.74. The number of aliphatic hydroxyl groups excluding tert-OH is 1. The van der Waals surface area contributed by atoms with E-state index < -0.39 is 0 Å². The van der Waals surface area contributed by atoms with Gasteiger partial charge in [-0.05, 0) is 19.1 Å². The molecule has 5 heteroatoms. The molecule has 1 aliphatic heterocycles. The molecule has 0 amide bonds. The minimum Gasteiger partial charge on any atom is -0.390 e. The number of aliphatic hydroxyl groups is 1. The Morgan fingerprint density at radius 1 is 1.44 bits per heavy atom. The molecule has 0 bridgehead atoms. The molecule has 2 heterocycles. The van der Waals surface area contributed by atoms with Gasteiger partial charge in [0, 0.05) is 31.9 Å². The van der Waals surface area contributed by atoms with Crippen LogP contribution in [0.3, 0.4) is 0 Å². The fraction of sp³-hybridized carbons (Fsp3) is 0.615. The van der Waals surface area contributed by atoms with Crippen molar-refractivity contribution in [3.05, 3.63) is 23.9 Å². The second-order valence-corrected chi connectivity index (χ2v) is 4.61. The minimum atomic E-state index is -0.384. The van der Waals surface area contributed by atoms with Gasteiger partial charge in [-0.2, -0.15) is 0 Å². The smallest absolute Gasteiger partial charge is 0.126 e. The average molecular weight is 251 g/mol. The third-order valence-corrected chi connectivity index (χ3v) is 2.98. The van der Waals surface area contributed by atoms with Crippen LogP contribution >= 0.6 is 0 Å². The second kappa shape index (κ2) is 6.68. The van der Waals surface area contributed by atoms with Crippen molar-refractivity contribution in [3.8, 4) is 0 Å². The SMILES string of the molecule is Cc1cccc(NCC(O)CN2CCOCC2)n1. The number of aryl methyl sites for hydroxylation is 1. The first kappa shape index (κ1) is 13.3. The van der Waals surface area contributed by atoms with Crippen molar-refractivity contribution in [2.24, 2.45) is 0 Å². The van der Waals surface area contributed by atoms with E-state index in [1.807, 2.05) is 25.1 Å². The maximum Gasteiger partial charge on any atom is 0.126 e. The van der Waals surface area contributed by atoms with Gasteiger partial charge < -0.3 is 15.2 Å². The number of aromatic nitrogens is 1. The number of morpholine rings is 1.